The van der Waals surface area contributed by atoms with E-state index < -0.39 is 0 Å². The van der Waals surface area contributed by atoms with Crippen molar-refractivity contribution in [1.82, 2.24) is 0 Å². The molecule has 2 atom stereocenters. The van der Waals surface area contributed by atoms with Crippen molar-refractivity contribution >= 4 is 46.4 Å². The fourth-order valence-corrected chi connectivity index (χ4v) is 6.41. The van der Waals surface area contributed by atoms with E-state index in [1.165, 1.54) is 6.42 Å². The number of hydrogen-bond donors (Lipinski definition) is 1. The van der Waals surface area contributed by atoms with E-state index in [1.807, 2.05) is 0 Å². The molecule has 4 aliphatic rings. The van der Waals surface area contributed by atoms with Crippen LogP contribution in [0.4, 0.5) is 5.69 Å². The Morgan fingerprint density at radius 2 is 1.82 bits per heavy atom. The molecule has 1 aromatic carbocycles. The SMILES string of the molecule is O=C(Nc1ccc(Cl)cc1Cl)C12CC3CC(CC(Cl)(C3)C1)C2. The Morgan fingerprint density at radius 1 is 1.14 bits per heavy atom. The highest BCUT2D eigenvalue weighted by Crippen LogP contribution is 2.64. The molecule has 5 rings (SSSR count). The van der Waals surface area contributed by atoms with E-state index in [1.54, 1.807) is 18.2 Å². The number of alkyl halides is 1. The number of carbonyl (C=O) groups is 1. The lowest BCUT2D eigenvalue weighted by Gasteiger charge is -2.59. The molecular formula is C17H18Cl3NO. The first kappa shape index (κ1) is 15.1. The van der Waals surface area contributed by atoms with E-state index in [0.29, 0.717) is 27.6 Å². The maximum absolute atomic E-state index is 13.0. The normalized spacial score (nSPS) is 39.0. The minimum atomic E-state index is -0.311. The van der Waals surface area contributed by atoms with Crippen LogP contribution in [0.25, 0.3) is 0 Å². The van der Waals surface area contributed by atoms with Crippen LogP contribution >= 0.6 is 34.8 Å². The fourth-order valence-electron chi connectivity index (χ4n) is 5.26. The Hall–Kier alpha value is -0.440. The van der Waals surface area contributed by atoms with Gasteiger partial charge in [-0.3, -0.25) is 4.79 Å². The van der Waals surface area contributed by atoms with E-state index >= 15 is 0 Å². The first-order valence-corrected chi connectivity index (χ1v) is 8.96. The van der Waals surface area contributed by atoms with Crippen LogP contribution in [-0.4, -0.2) is 10.8 Å². The van der Waals surface area contributed by atoms with E-state index in [-0.39, 0.29) is 16.2 Å². The predicted octanol–water partition coefficient (Wildman–Crippen LogP) is 5.51. The van der Waals surface area contributed by atoms with Crippen LogP contribution in [-0.2, 0) is 4.79 Å². The summed E-state index contributed by atoms with van der Waals surface area (Å²) >= 11 is 18.9. The number of halogens is 3. The van der Waals surface area contributed by atoms with E-state index in [2.05, 4.69) is 5.32 Å². The van der Waals surface area contributed by atoms with Gasteiger partial charge >= 0.3 is 0 Å². The Labute approximate surface area is 145 Å². The summed E-state index contributed by atoms with van der Waals surface area (Å²) in [5.74, 6) is 1.28. The van der Waals surface area contributed by atoms with Crippen LogP contribution in [0.5, 0.6) is 0 Å². The number of hydrogen-bond acceptors (Lipinski definition) is 1. The summed E-state index contributed by atoms with van der Waals surface area (Å²) in [5, 5.41) is 4.07. The minimum Gasteiger partial charge on any atom is -0.324 e. The lowest BCUT2D eigenvalue weighted by molar-refractivity contribution is -0.138. The van der Waals surface area contributed by atoms with Crippen molar-refractivity contribution in [1.29, 1.82) is 0 Å². The van der Waals surface area contributed by atoms with Gasteiger partial charge in [0, 0.05) is 9.90 Å². The number of carbonyl (C=O) groups excluding carboxylic acids is 1. The topological polar surface area (TPSA) is 29.1 Å². The summed E-state index contributed by atoms with van der Waals surface area (Å²) in [4.78, 5) is 12.8. The number of amides is 1. The lowest BCUT2D eigenvalue weighted by atomic mass is 9.49. The zero-order chi connectivity index (χ0) is 15.5. The van der Waals surface area contributed by atoms with Crippen molar-refractivity contribution < 1.29 is 4.79 Å². The number of nitrogens with one attached hydrogen (secondary N) is 1. The molecule has 0 heterocycles. The van der Waals surface area contributed by atoms with Crippen LogP contribution in [0.2, 0.25) is 10.0 Å². The zero-order valence-electron chi connectivity index (χ0n) is 12.2. The number of rotatable bonds is 2. The largest absolute Gasteiger partial charge is 0.324 e. The smallest absolute Gasteiger partial charge is 0.230 e. The molecule has 1 N–H and O–H groups in total. The molecule has 2 unspecified atom stereocenters. The van der Waals surface area contributed by atoms with Crippen molar-refractivity contribution in [2.24, 2.45) is 17.3 Å². The fraction of sp³-hybridized carbons (Fsp3) is 0.588. The second-order valence-electron chi connectivity index (χ2n) is 7.47. The highest BCUT2D eigenvalue weighted by molar-refractivity contribution is 6.36. The highest BCUT2D eigenvalue weighted by atomic mass is 35.5. The van der Waals surface area contributed by atoms with Gasteiger partial charge in [-0.2, -0.15) is 0 Å². The highest BCUT2D eigenvalue weighted by Gasteiger charge is 2.60. The maximum atomic E-state index is 13.0. The minimum absolute atomic E-state index is 0.0795. The van der Waals surface area contributed by atoms with Gasteiger partial charge in [0.05, 0.1) is 16.1 Å². The quantitative estimate of drug-likeness (QED) is 0.694. The second-order valence-corrected chi connectivity index (χ2v) is 9.12. The summed E-state index contributed by atoms with van der Waals surface area (Å²) in [6.45, 7) is 0. The maximum Gasteiger partial charge on any atom is 0.230 e. The molecule has 0 radical (unpaired) electrons. The molecule has 4 fully saturated rings. The molecule has 0 aliphatic heterocycles. The molecule has 0 saturated heterocycles. The molecule has 1 amide bonds. The predicted molar refractivity (Wildman–Crippen MR) is 90.8 cm³/mol. The van der Waals surface area contributed by atoms with Crippen molar-refractivity contribution in [3.8, 4) is 0 Å². The summed E-state index contributed by atoms with van der Waals surface area (Å²) in [6, 6.07) is 5.16. The third-order valence-electron chi connectivity index (χ3n) is 5.65. The Kier molecular flexibility index (Phi) is 3.45. The first-order chi connectivity index (χ1) is 10.4. The summed E-state index contributed by atoms with van der Waals surface area (Å²) in [5.41, 5.74) is 0.324. The van der Waals surface area contributed by atoms with Crippen LogP contribution in [0.15, 0.2) is 18.2 Å². The van der Waals surface area contributed by atoms with E-state index in [9.17, 15) is 4.79 Å². The Balaban J connectivity index is 1.60. The van der Waals surface area contributed by atoms with E-state index in [4.69, 9.17) is 34.8 Å². The van der Waals surface area contributed by atoms with Gasteiger partial charge in [-0.05, 0) is 68.6 Å². The average Bonchev–Trinajstić information content (AvgIpc) is 2.39. The molecule has 2 nitrogen and oxygen atoms in total. The van der Waals surface area contributed by atoms with Crippen LogP contribution in [0.3, 0.4) is 0 Å². The Bertz CT molecular complexity index is 631. The Morgan fingerprint density at radius 3 is 2.41 bits per heavy atom. The van der Waals surface area contributed by atoms with Gasteiger partial charge in [0.2, 0.25) is 5.91 Å². The molecule has 5 heteroatoms. The van der Waals surface area contributed by atoms with Crippen molar-refractivity contribution in [2.75, 3.05) is 5.32 Å². The summed E-state index contributed by atoms with van der Waals surface area (Å²) in [6.07, 6.45) is 6.12. The molecular weight excluding hydrogens is 341 g/mol. The lowest BCUT2D eigenvalue weighted by Crippen LogP contribution is -2.57. The van der Waals surface area contributed by atoms with Crippen LogP contribution in [0.1, 0.15) is 38.5 Å². The molecule has 4 saturated carbocycles. The van der Waals surface area contributed by atoms with Crippen molar-refractivity contribution in [2.45, 2.75) is 43.4 Å². The number of anilines is 1. The van der Waals surface area contributed by atoms with Crippen LogP contribution in [0, 0.1) is 17.3 Å². The third kappa shape index (κ3) is 2.44. The van der Waals surface area contributed by atoms with E-state index in [0.717, 1.165) is 32.1 Å². The molecule has 4 aliphatic carbocycles. The van der Waals surface area contributed by atoms with Gasteiger partial charge in [-0.25, -0.2) is 0 Å². The van der Waals surface area contributed by atoms with Gasteiger partial charge in [0.25, 0.3) is 0 Å². The van der Waals surface area contributed by atoms with Gasteiger partial charge in [0.1, 0.15) is 0 Å². The van der Waals surface area contributed by atoms with Gasteiger partial charge in [-0.1, -0.05) is 23.2 Å². The second kappa shape index (κ2) is 5.03. The van der Waals surface area contributed by atoms with Crippen molar-refractivity contribution in [3.05, 3.63) is 28.2 Å². The summed E-state index contributed by atoms with van der Waals surface area (Å²) < 4.78 is 0. The van der Waals surface area contributed by atoms with Crippen LogP contribution < -0.4 is 5.32 Å². The molecule has 0 spiro atoms. The molecule has 22 heavy (non-hydrogen) atoms. The van der Waals surface area contributed by atoms with Gasteiger partial charge in [-0.15, -0.1) is 11.6 Å². The standard InChI is InChI=1S/C17H18Cl3NO/c18-12-1-2-14(13(19)4-12)21-15(22)16-5-10-3-11(6-16)8-17(20,7-10)9-16/h1-2,4,10-11H,3,5-9H2,(H,21,22). The number of benzene rings is 1. The van der Waals surface area contributed by atoms with Gasteiger partial charge in [0.15, 0.2) is 0 Å². The molecule has 1 aromatic rings. The average molecular weight is 359 g/mol. The molecule has 118 valence electrons. The zero-order valence-corrected chi connectivity index (χ0v) is 14.4. The summed E-state index contributed by atoms with van der Waals surface area (Å²) in [7, 11) is 0. The first-order valence-electron chi connectivity index (χ1n) is 7.83. The molecule has 0 aromatic heterocycles. The van der Waals surface area contributed by atoms with Gasteiger partial charge < -0.3 is 5.32 Å². The third-order valence-corrected chi connectivity index (χ3v) is 6.64. The van der Waals surface area contributed by atoms with Crippen molar-refractivity contribution in [3.63, 3.8) is 0 Å². The monoisotopic (exact) mass is 357 g/mol. The molecule has 4 bridgehead atoms.